The highest BCUT2D eigenvalue weighted by atomic mass is 16.2. The molecule has 1 amide bonds. The fourth-order valence-electron chi connectivity index (χ4n) is 2.86. The summed E-state index contributed by atoms with van der Waals surface area (Å²) >= 11 is 0. The van der Waals surface area contributed by atoms with Crippen LogP contribution in [0.25, 0.3) is 0 Å². The lowest BCUT2D eigenvalue weighted by molar-refractivity contribution is 0.102. The number of benzene rings is 1. The van der Waals surface area contributed by atoms with Gasteiger partial charge in [0.15, 0.2) is 5.43 Å². The molecule has 1 aliphatic heterocycles. The molecule has 1 aliphatic rings. The van der Waals surface area contributed by atoms with Gasteiger partial charge in [-0.25, -0.2) is 0 Å². The summed E-state index contributed by atoms with van der Waals surface area (Å²) in [6, 6.07) is 9.21. The van der Waals surface area contributed by atoms with Crippen LogP contribution in [0.5, 0.6) is 0 Å². The van der Waals surface area contributed by atoms with E-state index in [2.05, 4.69) is 15.2 Å². The predicted molar refractivity (Wildman–Crippen MR) is 92.3 cm³/mol. The average molecular weight is 311 g/mol. The lowest BCUT2D eigenvalue weighted by Crippen LogP contribution is -2.29. The number of aromatic amines is 1. The molecule has 0 unspecified atom stereocenters. The Hall–Kier alpha value is -2.56. The van der Waals surface area contributed by atoms with Crippen LogP contribution in [0.3, 0.4) is 0 Å². The summed E-state index contributed by atoms with van der Waals surface area (Å²) in [7, 11) is 0. The number of nitrogens with one attached hydrogen (secondary N) is 2. The molecule has 2 aromatic rings. The van der Waals surface area contributed by atoms with Crippen LogP contribution >= 0.6 is 0 Å². The molecule has 1 aromatic heterocycles. The van der Waals surface area contributed by atoms with Gasteiger partial charge in [-0.1, -0.05) is 0 Å². The van der Waals surface area contributed by atoms with Crippen LogP contribution in [-0.4, -0.2) is 24.0 Å². The number of carbonyl (C=O) groups is 1. The number of aromatic nitrogens is 1. The lowest BCUT2D eigenvalue weighted by atomic mass is 10.1. The molecule has 3 rings (SSSR count). The number of carbonyl (C=O) groups excluding carboxylic acids is 1. The minimum atomic E-state index is -0.392. The van der Waals surface area contributed by atoms with E-state index in [0.717, 1.165) is 18.8 Å². The second kappa shape index (κ2) is 6.69. The number of aryl methyl sites for hydroxylation is 1. The zero-order valence-electron chi connectivity index (χ0n) is 13.3. The topological polar surface area (TPSA) is 65.2 Å². The highest BCUT2D eigenvalue weighted by Crippen LogP contribution is 2.21. The normalized spacial score (nSPS) is 14.6. The number of hydrogen-bond acceptors (Lipinski definition) is 3. The Morgan fingerprint density at radius 2 is 1.83 bits per heavy atom. The third-order valence-electron chi connectivity index (χ3n) is 4.15. The van der Waals surface area contributed by atoms with Gasteiger partial charge < -0.3 is 15.2 Å². The van der Waals surface area contributed by atoms with E-state index in [1.54, 1.807) is 6.92 Å². The van der Waals surface area contributed by atoms with Crippen LogP contribution in [0.1, 0.15) is 35.3 Å². The van der Waals surface area contributed by atoms with E-state index < -0.39 is 5.91 Å². The number of piperidine rings is 1. The molecular formula is C18H21N3O2. The SMILES string of the molecule is Cc1cc(=O)c(C(=O)Nc2ccc(N3CCCCC3)cc2)c[nH]1. The molecule has 1 saturated heterocycles. The molecule has 0 saturated carbocycles. The van der Waals surface area contributed by atoms with E-state index in [1.807, 2.05) is 24.3 Å². The van der Waals surface area contributed by atoms with E-state index >= 15 is 0 Å². The highest BCUT2D eigenvalue weighted by Gasteiger charge is 2.12. The van der Waals surface area contributed by atoms with Gasteiger partial charge in [-0.15, -0.1) is 0 Å². The van der Waals surface area contributed by atoms with Gasteiger partial charge in [-0.2, -0.15) is 0 Å². The summed E-state index contributed by atoms with van der Waals surface area (Å²) < 4.78 is 0. The summed E-state index contributed by atoms with van der Waals surface area (Å²) in [4.78, 5) is 29.3. The van der Waals surface area contributed by atoms with Crippen LogP contribution < -0.4 is 15.6 Å². The number of rotatable bonds is 3. The van der Waals surface area contributed by atoms with E-state index in [9.17, 15) is 9.59 Å². The molecule has 5 heteroatoms. The van der Waals surface area contributed by atoms with Crippen LogP contribution in [0.2, 0.25) is 0 Å². The van der Waals surface area contributed by atoms with Crippen LogP contribution in [0, 0.1) is 6.92 Å². The van der Waals surface area contributed by atoms with Crippen LogP contribution in [0.4, 0.5) is 11.4 Å². The first-order valence-electron chi connectivity index (χ1n) is 7.99. The van der Waals surface area contributed by atoms with Crippen LogP contribution in [-0.2, 0) is 0 Å². The van der Waals surface area contributed by atoms with Gasteiger partial charge in [-0.05, 0) is 50.5 Å². The van der Waals surface area contributed by atoms with Crippen molar-refractivity contribution in [3.63, 3.8) is 0 Å². The first-order valence-corrected chi connectivity index (χ1v) is 7.99. The van der Waals surface area contributed by atoms with E-state index in [4.69, 9.17) is 0 Å². The monoisotopic (exact) mass is 311 g/mol. The summed E-state index contributed by atoms with van der Waals surface area (Å²) in [6.07, 6.45) is 5.22. The van der Waals surface area contributed by atoms with Gasteiger partial charge in [0.1, 0.15) is 5.56 Å². The zero-order valence-corrected chi connectivity index (χ0v) is 13.3. The molecule has 0 bridgehead atoms. The minimum absolute atomic E-state index is 0.121. The summed E-state index contributed by atoms with van der Waals surface area (Å²) in [5.74, 6) is -0.392. The predicted octanol–water partition coefficient (Wildman–Crippen LogP) is 2.93. The van der Waals surface area contributed by atoms with Crippen molar-refractivity contribution in [3.05, 3.63) is 58.0 Å². The molecule has 23 heavy (non-hydrogen) atoms. The molecule has 0 atom stereocenters. The average Bonchev–Trinajstić information content (AvgIpc) is 2.56. The second-order valence-electron chi connectivity index (χ2n) is 5.94. The van der Waals surface area contributed by atoms with Gasteiger partial charge in [0.25, 0.3) is 5.91 Å². The Balaban J connectivity index is 1.70. The first-order chi connectivity index (χ1) is 11.1. The van der Waals surface area contributed by atoms with Gasteiger partial charge in [0, 0.05) is 42.4 Å². The Kier molecular flexibility index (Phi) is 4.46. The van der Waals surface area contributed by atoms with Crippen molar-refractivity contribution in [1.29, 1.82) is 0 Å². The zero-order chi connectivity index (χ0) is 16.2. The third kappa shape index (κ3) is 3.62. The molecule has 2 heterocycles. The Morgan fingerprint density at radius 3 is 2.48 bits per heavy atom. The summed E-state index contributed by atoms with van der Waals surface area (Å²) in [6.45, 7) is 3.96. The molecule has 120 valence electrons. The Bertz CT molecular complexity index is 744. The molecule has 0 aliphatic carbocycles. The maximum Gasteiger partial charge on any atom is 0.261 e. The maximum absolute atomic E-state index is 12.2. The van der Waals surface area contributed by atoms with Crippen molar-refractivity contribution in [2.45, 2.75) is 26.2 Å². The van der Waals surface area contributed by atoms with Crippen molar-refractivity contribution >= 4 is 17.3 Å². The van der Waals surface area contributed by atoms with Crippen molar-refractivity contribution in [2.24, 2.45) is 0 Å². The molecule has 2 N–H and O–H groups in total. The maximum atomic E-state index is 12.2. The van der Waals surface area contributed by atoms with Crippen LogP contribution in [0.15, 0.2) is 41.3 Å². The number of pyridine rings is 1. The smallest absolute Gasteiger partial charge is 0.261 e. The first kappa shape index (κ1) is 15.3. The van der Waals surface area contributed by atoms with E-state index in [1.165, 1.54) is 37.2 Å². The van der Waals surface area contributed by atoms with Gasteiger partial charge in [-0.3, -0.25) is 9.59 Å². The number of hydrogen-bond donors (Lipinski definition) is 2. The van der Waals surface area contributed by atoms with Crippen molar-refractivity contribution in [3.8, 4) is 0 Å². The quantitative estimate of drug-likeness (QED) is 0.916. The van der Waals surface area contributed by atoms with Crippen molar-refractivity contribution in [2.75, 3.05) is 23.3 Å². The molecule has 5 nitrogen and oxygen atoms in total. The van der Waals surface area contributed by atoms with Gasteiger partial charge in [0.2, 0.25) is 0 Å². The number of H-pyrrole nitrogens is 1. The largest absolute Gasteiger partial charge is 0.372 e. The minimum Gasteiger partial charge on any atom is -0.372 e. The fourth-order valence-corrected chi connectivity index (χ4v) is 2.86. The highest BCUT2D eigenvalue weighted by molar-refractivity contribution is 6.04. The number of anilines is 2. The summed E-state index contributed by atoms with van der Waals surface area (Å²) in [5, 5.41) is 2.77. The van der Waals surface area contributed by atoms with E-state index in [0.29, 0.717) is 5.69 Å². The van der Waals surface area contributed by atoms with E-state index in [-0.39, 0.29) is 11.0 Å². The Labute approximate surface area is 135 Å². The molecule has 0 radical (unpaired) electrons. The number of nitrogens with zero attached hydrogens (tertiary/aromatic N) is 1. The van der Waals surface area contributed by atoms with Crippen molar-refractivity contribution in [1.82, 2.24) is 4.98 Å². The van der Waals surface area contributed by atoms with Gasteiger partial charge >= 0.3 is 0 Å². The fraction of sp³-hybridized carbons (Fsp3) is 0.333. The number of amides is 1. The second-order valence-corrected chi connectivity index (χ2v) is 5.94. The molecular weight excluding hydrogens is 290 g/mol. The molecule has 1 fully saturated rings. The lowest BCUT2D eigenvalue weighted by Gasteiger charge is -2.28. The Morgan fingerprint density at radius 1 is 1.13 bits per heavy atom. The summed E-state index contributed by atoms with van der Waals surface area (Å²) in [5.41, 5.74) is 2.45. The third-order valence-corrected chi connectivity index (χ3v) is 4.15. The standard InChI is InChI=1S/C18H21N3O2/c1-13-11-17(22)16(12-19-13)18(23)20-14-5-7-15(8-6-14)21-9-3-2-4-10-21/h5-8,11-12H,2-4,9-10H2,1H3,(H,19,22)(H,20,23). The molecule has 0 spiro atoms. The van der Waals surface area contributed by atoms with Gasteiger partial charge in [0.05, 0.1) is 0 Å². The van der Waals surface area contributed by atoms with Crippen molar-refractivity contribution < 1.29 is 4.79 Å². The molecule has 1 aromatic carbocycles.